The average Bonchev–Trinajstić information content (AvgIpc) is 3.25. The Bertz CT molecular complexity index is 1090. The van der Waals surface area contributed by atoms with Gasteiger partial charge in [0.2, 0.25) is 6.10 Å². The summed E-state index contributed by atoms with van der Waals surface area (Å²) >= 11 is 5.31. The lowest BCUT2D eigenvalue weighted by molar-refractivity contribution is -0.149. The molecule has 9 heteroatoms. The zero-order valence-corrected chi connectivity index (χ0v) is 17.7. The van der Waals surface area contributed by atoms with Crippen LogP contribution in [0.4, 0.5) is 17.6 Å². The molecule has 2 aromatic carbocycles. The summed E-state index contributed by atoms with van der Waals surface area (Å²) in [5.74, 6) is -2.40. The largest absolute Gasteiger partial charge is 0.457 e. The first-order valence-corrected chi connectivity index (χ1v) is 9.89. The van der Waals surface area contributed by atoms with Crippen molar-refractivity contribution in [3.8, 4) is 17.6 Å². The van der Waals surface area contributed by atoms with E-state index in [1.54, 1.807) is 32.0 Å². The molecule has 4 nitrogen and oxygen atoms in total. The van der Waals surface area contributed by atoms with Crippen molar-refractivity contribution in [1.82, 2.24) is 0 Å². The molecule has 0 radical (unpaired) electrons. The second-order valence-corrected chi connectivity index (χ2v) is 8.32. The molecule has 0 aromatic heterocycles. The van der Waals surface area contributed by atoms with Gasteiger partial charge < -0.3 is 9.47 Å². The van der Waals surface area contributed by atoms with E-state index in [4.69, 9.17) is 21.1 Å². The lowest BCUT2D eigenvalue weighted by Gasteiger charge is -2.13. The summed E-state index contributed by atoms with van der Waals surface area (Å²) in [7, 11) is 0. The Labute approximate surface area is 187 Å². The molecule has 3 atom stereocenters. The SMILES string of the molecule is CC1(C)C(C=C(Cl)C(F)(F)F)C1C(=O)OC(C#N)c1cccc(Oc2cccc(F)c2)c1. The van der Waals surface area contributed by atoms with E-state index >= 15 is 0 Å². The van der Waals surface area contributed by atoms with E-state index in [9.17, 15) is 27.6 Å². The number of ether oxygens (including phenoxy) is 2. The standard InChI is InChI=1S/C23H18ClF4NO3/c1-22(2)17(11-19(24)23(26,27)28)20(22)21(30)32-18(12-29)13-5-3-7-15(9-13)31-16-8-4-6-14(25)10-16/h3-11,17-18,20H,1-2H3. The van der Waals surface area contributed by atoms with E-state index in [0.29, 0.717) is 5.56 Å². The highest BCUT2D eigenvalue weighted by Crippen LogP contribution is 2.60. The molecule has 1 aliphatic rings. The molecule has 1 saturated carbocycles. The average molecular weight is 468 g/mol. The fourth-order valence-corrected chi connectivity index (χ4v) is 3.59. The minimum atomic E-state index is -4.70. The van der Waals surface area contributed by atoms with E-state index in [1.807, 2.05) is 6.07 Å². The molecular weight excluding hydrogens is 450 g/mol. The Morgan fingerprint density at radius 2 is 1.81 bits per heavy atom. The molecule has 32 heavy (non-hydrogen) atoms. The van der Waals surface area contributed by atoms with Gasteiger partial charge in [0.05, 0.1) is 5.92 Å². The number of nitriles is 1. The Kier molecular flexibility index (Phi) is 6.51. The van der Waals surface area contributed by atoms with Gasteiger partial charge >= 0.3 is 12.1 Å². The van der Waals surface area contributed by atoms with Crippen LogP contribution in [0.15, 0.2) is 59.6 Å². The lowest BCUT2D eigenvalue weighted by Crippen LogP contribution is -2.14. The number of carbonyl (C=O) groups is 1. The first-order chi connectivity index (χ1) is 14.9. The summed E-state index contributed by atoms with van der Waals surface area (Å²) < 4.78 is 62.4. The summed E-state index contributed by atoms with van der Waals surface area (Å²) in [6.07, 6.45) is -5.20. The molecule has 1 aliphatic carbocycles. The predicted molar refractivity (Wildman–Crippen MR) is 108 cm³/mol. The molecule has 2 aromatic rings. The number of hydrogen-bond donors (Lipinski definition) is 0. The van der Waals surface area contributed by atoms with Gasteiger partial charge in [-0.25, -0.2) is 4.39 Å². The minimum absolute atomic E-state index is 0.239. The van der Waals surface area contributed by atoms with Crippen molar-refractivity contribution < 1.29 is 31.8 Å². The van der Waals surface area contributed by atoms with Crippen molar-refractivity contribution in [2.24, 2.45) is 17.3 Å². The van der Waals surface area contributed by atoms with Gasteiger partial charge in [-0.15, -0.1) is 0 Å². The summed E-state index contributed by atoms with van der Waals surface area (Å²) in [6, 6.07) is 13.5. The number of hydrogen-bond acceptors (Lipinski definition) is 4. The Balaban J connectivity index is 1.73. The molecule has 1 fully saturated rings. The number of carbonyl (C=O) groups excluding carboxylic acids is 1. The lowest BCUT2D eigenvalue weighted by atomic mass is 10.1. The topological polar surface area (TPSA) is 59.3 Å². The molecule has 0 bridgehead atoms. The van der Waals surface area contributed by atoms with Crippen molar-refractivity contribution in [2.45, 2.75) is 26.1 Å². The molecule has 0 amide bonds. The monoisotopic (exact) mass is 467 g/mol. The van der Waals surface area contributed by atoms with E-state index in [-0.39, 0.29) is 11.5 Å². The van der Waals surface area contributed by atoms with Crippen LogP contribution in [0.2, 0.25) is 0 Å². The first kappa shape index (κ1) is 23.6. The molecule has 0 aliphatic heterocycles. The molecular formula is C23H18ClF4NO3. The van der Waals surface area contributed by atoms with E-state index < -0.39 is 46.3 Å². The highest BCUT2D eigenvalue weighted by molar-refractivity contribution is 6.30. The van der Waals surface area contributed by atoms with Gasteiger partial charge in [0.15, 0.2) is 0 Å². The van der Waals surface area contributed by atoms with Gasteiger partial charge in [0.25, 0.3) is 0 Å². The summed E-state index contributed by atoms with van der Waals surface area (Å²) in [4.78, 5) is 12.6. The molecule has 0 saturated heterocycles. The number of benzene rings is 2. The maximum Gasteiger partial charge on any atom is 0.426 e. The zero-order valence-electron chi connectivity index (χ0n) is 17.0. The summed E-state index contributed by atoms with van der Waals surface area (Å²) in [6.45, 7) is 3.24. The van der Waals surface area contributed by atoms with Crippen LogP contribution in [-0.4, -0.2) is 12.1 Å². The summed E-state index contributed by atoms with van der Waals surface area (Å²) in [5, 5.41) is 8.20. The molecule has 0 heterocycles. The van der Waals surface area contributed by atoms with Crippen molar-refractivity contribution in [3.05, 3.63) is 71.0 Å². The van der Waals surface area contributed by atoms with Crippen LogP contribution in [0, 0.1) is 34.4 Å². The Hall–Kier alpha value is -3.05. The first-order valence-electron chi connectivity index (χ1n) is 9.51. The van der Waals surface area contributed by atoms with Gasteiger partial charge in [-0.3, -0.25) is 4.79 Å². The third-order valence-electron chi connectivity index (χ3n) is 5.31. The fraction of sp³-hybridized carbons (Fsp3) is 0.304. The number of nitrogens with zero attached hydrogens (tertiary/aromatic N) is 1. The van der Waals surface area contributed by atoms with Crippen LogP contribution < -0.4 is 4.74 Å². The Morgan fingerprint density at radius 1 is 1.19 bits per heavy atom. The highest BCUT2D eigenvalue weighted by Gasteiger charge is 2.62. The van der Waals surface area contributed by atoms with Crippen LogP contribution in [0.3, 0.4) is 0 Å². The molecule has 0 N–H and O–H groups in total. The van der Waals surface area contributed by atoms with Gasteiger partial charge in [-0.1, -0.05) is 49.7 Å². The molecule has 168 valence electrons. The smallest absolute Gasteiger partial charge is 0.426 e. The number of alkyl halides is 3. The molecule has 0 spiro atoms. The third kappa shape index (κ3) is 5.22. The second kappa shape index (κ2) is 8.83. The van der Waals surface area contributed by atoms with Crippen LogP contribution in [0.25, 0.3) is 0 Å². The van der Waals surface area contributed by atoms with Crippen molar-refractivity contribution in [3.63, 3.8) is 0 Å². The van der Waals surface area contributed by atoms with Crippen LogP contribution in [-0.2, 0) is 9.53 Å². The minimum Gasteiger partial charge on any atom is -0.457 e. The maximum absolute atomic E-state index is 13.3. The zero-order chi connectivity index (χ0) is 23.7. The summed E-state index contributed by atoms with van der Waals surface area (Å²) in [5.41, 5.74) is -0.501. The molecule has 3 rings (SSSR count). The van der Waals surface area contributed by atoms with Crippen molar-refractivity contribution in [2.75, 3.05) is 0 Å². The van der Waals surface area contributed by atoms with Crippen molar-refractivity contribution >= 4 is 17.6 Å². The van der Waals surface area contributed by atoms with Crippen LogP contribution in [0.5, 0.6) is 11.5 Å². The Morgan fingerprint density at radius 3 is 2.41 bits per heavy atom. The number of rotatable bonds is 6. The number of esters is 1. The van der Waals surface area contributed by atoms with Gasteiger partial charge in [0.1, 0.15) is 28.4 Å². The second-order valence-electron chi connectivity index (χ2n) is 7.92. The van der Waals surface area contributed by atoms with Gasteiger partial charge in [0, 0.05) is 11.6 Å². The highest BCUT2D eigenvalue weighted by atomic mass is 35.5. The predicted octanol–water partition coefficient (Wildman–Crippen LogP) is 6.68. The maximum atomic E-state index is 13.3. The van der Waals surface area contributed by atoms with Crippen LogP contribution in [0.1, 0.15) is 25.5 Å². The molecule has 3 unspecified atom stereocenters. The fourth-order valence-electron chi connectivity index (χ4n) is 3.46. The van der Waals surface area contributed by atoms with E-state index in [2.05, 4.69) is 0 Å². The van der Waals surface area contributed by atoms with Gasteiger partial charge in [-0.2, -0.15) is 18.4 Å². The van der Waals surface area contributed by atoms with E-state index in [1.165, 1.54) is 30.3 Å². The normalized spacial score (nSPS) is 20.8. The van der Waals surface area contributed by atoms with Crippen LogP contribution >= 0.6 is 11.6 Å². The third-order valence-corrected chi connectivity index (χ3v) is 5.65. The number of halogens is 5. The quantitative estimate of drug-likeness (QED) is 0.351. The van der Waals surface area contributed by atoms with Gasteiger partial charge in [-0.05, 0) is 35.6 Å². The van der Waals surface area contributed by atoms with E-state index in [0.717, 1.165) is 6.08 Å². The number of allylic oxidation sites excluding steroid dienone is 2. The van der Waals surface area contributed by atoms with Crippen molar-refractivity contribution in [1.29, 1.82) is 5.26 Å².